The minimum absolute atomic E-state index is 0.367. The summed E-state index contributed by atoms with van der Waals surface area (Å²) in [4.78, 5) is 14.3. The molecule has 1 heterocycles. The number of piperidine rings is 1. The maximum atomic E-state index is 12.2. The largest absolute Gasteiger partial charge is 0.342 e. The minimum atomic E-state index is 0.367. The third-order valence-electron chi connectivity index (χ3n) is 4.10. The summed E-state index contributed by atoms with van der Waals surface area (Å²) in [6, 6.07) is 0.549. The zero-order chi connectivity index (χ0) is 12.3. The average Bonchev–Trinajstić information content (AvgIpc) is 2.24. The predicted octanol–water partition coefficient (Wildman–Crippen LogP) is 2.02. The van der Waals surface area contributed by atoms with Crippen molar-refractivity contribution in [1.82, 2.24) is 10.2 Å². The van der Waals surface area contributed by atoms with Gasteiger partial charge in [-0.3, -0.25) is 4.79 Å². The molecule has 0 spiro atoms. The Morgan fingerprint density at radius 2 is 2.06 bits per heavy atom. The standard InChI is InChI=1S/C14H26N2O/c1-11(2)15-9-12-5-4-8-16(10-12)14(17)13-6-3-7-13/h11-13,15H,3-10H2,1-2H3. The number of likely N-dealkylation sites (tertiary alicyclic amines) is 1. The maximum Gasteiger partial charge on any atom is 0.225 e. The molecule has 0 bridgehead atoms. The topological polar surface area (TPSA) is 32.3 Å². The first-order valence-corrected chi connectivity index (χ1v) is 7.19. The highest BCUT2D eigenvalue weighted by atomic mass is 16.2. The van der Waals surface area contributed by atoms with Crippen LogP contribution in [-0.4, -0.2) is 36.5 Å². The normalized spacial score (nSPS) is 26.1. The highest BCUT2D eigenvalue weighted by molar-refractivity contribution is 5.79. The summed E-state index contributed by atoms with van der Waals surface area (Å²) in [6.07, 6.45) is 5.97. The van der Waals surface area contributed by atoms with Crippen molar-refractivity contribution < 1.29 is 4.79 Å². The molecule has 1 aliphatic carbocycles. The van der Waals surface area contributed by atoms with Crippen LogP contribution in [0, 0.1) is 11.8 Å². The van der Waals surface area contributed by atoms with E-state index in [1.165, 1.54) is 19.3 Å². The lowest BCUT2D eigenvalue weighted by Crippen LogP contribution is -2.47. The first kappa shape index (κ1) is 12.9. The van der Waals surface area contributed by atoms with E-state index in [1.54, 1.807) is 0 Å². The lowest BCUT2D eigenvalue weighted by atomic mass is 9.83. The highest BCUT2D eigenvalue weighted by Gasteiger charge is 2.31. The van der Waals surface area contributed by atoms with Crippen LogP contribution in [0.25, 0.3) is 0 Å². The smallest absolute Gasteiger partial charge is 0.225 e. The number of carbonyl (C=O) groups is 1. The van der Waals surface area contributed by atoms with Gasteiger partial charge in [0.2, 0.25) is 5.91 Å². The van der Waals surface area contributed by atoms with Gasteiger partial charge in [0.1, 0.15) is 0 Å². The van der Waals surface area contributed by atoms with E-state index >= 15 is 0 Å². The monoisotopic (exact) mass is 238 g/mol. The van der Waals surface area contributed by atoms with Gasteiger partial charge < -0.3 is 10.2 Å². The molecule has 0 radical (unpaired) electrons. The number of rotatable bonds is 4. The van der Waals surface area contributed by atoms with E-state index < -0.39 is 0 Å². The van der Waals surface area contributed by atoms with Crippen LogP contribution in [0.1, 0.15) is 46.0 Å². The second kappa shape index (κ2) is 5.85. The van der Waals surface area contributed by atoms with E-state index in [0.717, 1.165) is 32.5 Å². The average molecular weight is 238 g/mol. The number of nitrogens with zero attached hydrogens (tertiary/aromatic N) is 1. The first-order chi connectivity index (χ1) is 8.16. The Hall–Kier alpha value is -0.570. The lowest BCUT2D eigenvalue weighted by Gasteiger charge is -2.37. The number of carbonyl (C=O) groups excluding carboxylic acids is 1. The second-order valence-electron chi connectivity index (χ2n) is 5.98. The van der Waals surface area contributed by atoms with Gasteiger partial charge in [0.25, 0.3) is 0 Å². The van der Waals surface area contributed by atoms with Crippen molar-refractivity contribution in [1.29, 1.82) is 0 Å². The van der Waals surface area contributed by atoms with E-state index in [1.807, 2.05) is 0 Å². The first-order valence-electron chi connectivity index (χ1n) is 7.19. The van der Waals surface area contributed by atoms with Gasteiger partial charge in [-0.05, 0) is 38.1 Å². The molecule has 0 aromatic carbocycles. The van der Waals surface area contributed by atoms with Crippen LogP contribution in [0.2, 0.25) is 0 Å². The molecule has 3 heteroatoms. The molecule has 17 heavy (non-hydrogen) atoms. The fraction of sp³-hybridized carbons (Fsp3) is 0.929. The zero-order valence-electron chi connectivity index (χ0n) is 11.2. The van der Waals surface area contributed by atoms with E-state index in [-0.39, 0.29) is 0 Å². The molecule has 2 fully saturated rings. The number of amides is 1. The third kappa shape index (κ3) is 3.44. The maximum absolute atomic E-state index is 12.2. The summed E-state index contributed by atoms with van der Waals surface area (Å²) < 4.78 is 0. The van der Waals surface area contributed by atoms with Crippen LogP contribution in [0.4, 0.5) is 0 Å². The summed E-state index contributed by atoms with van der Waals surface area (Å²) in [5.74, 6) is 1.47. The molecule has 3 nitrogen and oxygen atoms in total. The molecule has 1 saturated heterocycles. The van der Waals surface area contributed by atoms with Crippen LogP contribution in [0.3, 0.4) is 0 Å². The van der Waals surface area contributed by atoms with Gasteiger partial charge in [-0.1, -0.05) is 20.3 Å². The van der Waals surface area contributed by atoms with Crippen LogP contribution >= 0.6 is 0 Å². The summed E-state index contributed by atoms with van der Waals surface area (Å²) in [7, 11) is 0. The van der Waals surface area contributed by atoms with Gasteiger partial charge in [-0.2, -0.15) is 0 Å². The molecule has 1 amide bonds. The Balaban J connectivity index is 1.77. The molecule has 2 rings (SSSR count). The van der Waals surface area contributed by atoms with E-state index in [4.69, 9.17) is 0 Å². The Morgan fingerprint density at radius 3 is 2.65 bits per heavy atom. The molecule has 98 valence electrons. The number of nitrogens with one attached hydrogen (secondary N) is 1. The highest BCUT2D eigenvalue weighted by Crippen LogP contribution is 2.29. The van der Waals surface area contributed by atoms with Crippen LogP contribution in [0.5, 0.6) is 0 Å². The molecule has 0 aromatic heterocycles. The molecule has 1 unspecified atom stereocenters. The number of hydrogen-bond acceptors (Lipinski definition) is 2. The molecule has 2 aliphatic rings. The van der Waals surface area contributed by atoms with Crippen molar-refractivity contribution in [2.75, 3.05) is 19.6 Å². The molecular formula is C14H26N2O. The summed E-state index contributed by atoms with van der Waals surface area (Å²) in [5.41, 5.74) is 0. The fourth-order valence-corrected chi connectivity index (χ4v) is 2.75. The van der Waals surface area contributed by atoms with Crippen molar-refractivity contribution in [3.63, 3.8) is 0 Å². The lowest BCUT2D eigenvalue weighted by molar-refractivity contribution is -0.140. The molecule has 1 N–H and O–H groups in total. The number of hydrogen-bond donors (Lipinski definition) is 1. The van der Waals surface area contributed by atoms with Crippen molar-refractivity contribution in [3.05, 3.63) is 0 Å². The van der Waals surface area contributed by atoms with E-state index in [0.29, 0.717) is 23.8 Å². The molecule has 1 atom stereocenters. The Kier molecular flexibility index (Phi) is 4.43. The predicted molar refractivity (Wildman–Crippen MR) is 69.8 cm³/mol. The van der Waals surface area contributed by atoms with E-state index in [9.17, 15) is 4.79 Å². The Labute approximate surface area is 105 Å². The van der Waals surface area contributed by atoms with Crippen LogP contribution < -0.4 is 5.32 Å². The quantitative estimate of drug-likeness (QED) is 0.812. The Bertz CT molecular complexity index is 261. The van der Waals surface area contributed by atoms with Crippen molar-refractivity contribution >= 4 is 5.91 Å². The molecular weight excluding hydrogens is 212 g/mol. The molecule has 1 saturated carbocycles. The molecule has 1 aliphatic heterocycles. The minimum Gasteiger partial charge on any atom is -0.342 e. The Morgan fingerprint density at radius 1 is 1.29 bits per heavy atom. The summed E-state index contributed by atoms with van der Waals surface area (Å²) >= 11 is 0. The fourth-order valence-electron chi connectivity index (χ4n) is 2.75. The van der Waals surface area contributed by atoms with Crippen LogP contribution in [-0.2, 0) is 4.79 Å². The van der Waals surface area contributed by atoms with Crippen molar-refractivity contribution in [3.8, 4) is 0 Å². The zero-order valence-corrected chi connectivity index (χ0v) is 11.2. The van der Waals surface area contributed by atoms with Crippen LogP contribution in [0.15, 0.2) is 0 Å². The van der Waals surface area contributed by atoms with Gasteiger partial charge in [-0.15, -0.1) is 0 Å². The van der Waals surface area contributed by atoms with Gasteiger partial charge in [0.05, 0.1) is 0 Å². The van der Waals surface area contributed by atoms with Gasteiger partial charge in [0, 0.05) is 25.0 Å². The molecule has 0 aromatic rings. The SMILES string of the molecule is CC(C)NCC1CCCN(C(=O)C2CCC2)C1. The third-order valence-corrected chi connectivity index (χ3v) is 4.10. The second-order valence-corrected chi connectivity index (χ2v) is 5.98. The van der Waals surface area contributed by atoms with Crippen molar-refractivity contribution in [2.24, 2.45) is 11.8 Å². The van der Waals surface area contributed by atoms with Gasteiger partial charge >= 0.3 is 0 Å². The summed E-state index contributed by atoms with van der Waals surface area (Å²) in [6.45, 7) is 7.40. The summed E-state index contributed by atoms with van der Waals surface area (Å²) in [5, 5.41) is 3.49. The van der Waals surface area contributed by atoms with Crippen molar-refractivity contribution in [2.45, 2.75) is 52.0 Å². The van der Waals surface area contributed by atoms with Gasteiger partial charge in [-0.25, -0.2) is 0 Å². The van der Waals surface area contributed by atoms with Gasteiger partial charge in [0.15, 0.2) is 0 Å². The van der Waals surface area contributed by atoms with E-state index in [2.05, 4.69) is 24.1 Å².